The number of nitrogens with two attached hydrogens (primary N) is 1. The molecule has 2 rings (SSSR count). The third-order valence-electron chi connectivity index (χ3n) is 7.58. The number of benzene rings is 2. The van der Waals surface area contributed by atoms with Gasteiger partial charge in [0.2, 0.25) is 21.8 Å². The van der Waals surface area contributed by atoms with E-state index in [1.54, 1.807) is 18.2 Å². The summed E-state index contributed by atoms with van der Waals surface area (Å²) in [6, 6.07) is 12.4. The first-order valence-corrected chi connectivity index (χ1v) is 29.4. The number of carboxylic acid groups (broad SMARTS) is 1. The van der Waals surface area contributed by atoms with Crippen molar-refractivity contribution in [3.63, 3.8) is 0 Å². The highest BCUT2D eigenvalue weighted by Crippen LogP contribution is 2.35. The lowest BCUT2D eigenvalue weighted by Crippen LogP contribution is -2.47. The Morgan fingerprint density at radius 1 is 0.687 bits per heavy atom. The van der Waals surface area contributed by atoms with Crippen LogP contribution in [0.5, 0.6) is 5.75 Å². The number of carbonyl (C=O) groups is 8. The van der Waals surface area contributed by atoms with Crippen LogP contribution in [0.3, 0.4) is 0 Å². The van der Waals surface area contributed by atoms with Crippen molar-refractivity contribution in [1.82, 2.24) is 5.32 Å². The number of aromatic hydroxyl groups is 1. The molecule has 0 atom stereocenters. The molecule has 0 heterocycles. The molecule has 0 spiro atoms. The molecule has 2 aromatic rings. The first kappa shape index (κ1) is 84.4. The number of phenols is 1. The van der Waals surface area contributed by atoms with E-state index >= 15 is 0 Å². The maximum atomic E-state index is 10.9. The number of phenolic OH excluding ortho intramolecular Hbond substituents is 1. The van der Waals surface area contributed by atoms with Gasteiger partial charge >= 0.3 is 39.3 Å². The van der Waals surface area contributed by atoms with Crippen LogP contribution in [0.2, 0.25) is 0 Å². The Bertz CT molecular complexity index is 2770. The fourth-order valence-electron chi connectivity index (χ4n) is 4.16. The lowest BCUT2D eigenvalue weighted by Gasteiger charge is -2.23. The number of rotatable bonds is 27. The van der Waals surface area contributed by atoms with Crippen LogP contribution in [-0.2, 0) is 91.1 Å². The minimum absolute atomic E-state index is 0.000831. The Morgan fingerprint density at radius 3 is 1.53 bits per heavy atom. The van der Waals surface area contributed by atoms with E-state index in [0.717, 1.165) is 29.9 Å². The number of aliphatic carboxylic acids is 1. The van der Waals surface area contributed by atoms with E-state index in [1.165, 1.54) is 58.9 Å². The number of phosphoric acid groups is 1. The summed E-state index contributed by atoms with van der Waals surface area (Å²) in [7, 11) is -16.2. The van der Waals surface area contributed by atoms with Gasteiger partial charge in [0, 0.05) is 29.0 Å². The topological polar surface area (TPSA) is 477 Å². The average Bonchev–Trinajstić information content (AvgIpc) is 3.35. The van der Waals surface area contributed by atoms with E-state index in [4.69, 9.17) is 44.2 Å². The molecule has 0 saturated heterocycles. The summed E-state index contributed by atoms with van der Waals surface area (Å²) in [5.74, 6) is -4.22. The second kappa shape index (κ2) is 45.2. The van der Waals surface area contributed by atoms with Crippen molar-refractivity contribution >= 4 is 94.6 Å². The third-order valence-corrected chi connectivity index (χ3v) is 11.0. The molecule has 0 aliphatic carbocycles. The predicted molar refractivity (Wildman–Crippen MR) is 305 cm³/mol. The molecular weight excluding hydrogens is 1180 g/mol. The molecule has 0 radical (unpaired) electrons. The fourth-order valence-corrected chi connectivity index (χ4v) is 6.51. The van der Waals surface area contributed by atoms with Gasteiger partial charge in [-0.15, -0.1) is 0 Å². The molecule has 29 nitrogen and oxygen atoms in total. The number of anilines is 1. The van der Waals surface area contributed by atoms with E-state index in [1.807, 2.05) is 12.1 Å². The average molecular weight is 1260 g/mol. The van der Waals surface area contributed by atoms with Crippen molar-refractivity contribution in [2.75, 3.05) is 56.9 Å². The number of nitrogens with one attached hydrogen (secondary N) is 2. The fraction of sp³-hybridized carbons (Fsp3) is 0.320. The molecule has 0 aromatic heterocycles. The van der Waals surface area contributed by atoms with Gasteiger partial charge in [-0.1, -0.05) is 64.3 Å². The molecule has 466 valence electrons. The molecule has 2 aromatic carbocycles. The van der Waals surface area contributed by atoms with Crippen LogP contribution in [-0.4, -0.2) is 156 Å². The molecule has 83 heavy (non-hydrogen) atoms. The molecule has 0 saturated carbocycles. The minimum atomic E-state index is -4.46. The Hall–Kier alpha value is -7.38. The quantitative estimate of drug-likeness (QED) is 0.0115. The van der Waals surface area contributed by atoms with Gasteiger partial charge in [-0.2, -0.15) is 8.42 Å². The lowest BCUT2D eigenvalue weighted by atomic mass is 10.1. The van der Waals surface area contributed by atoms with Gasteiger partial charge in [0.1, 0.15) is 31.4 Å². The number of carboxylic acids is 1. The number of Topliss-reactive ketones (excluding diaryl/α,β-unsaturated/α-hetero) is 2. The van der Waals surface area contributed by atoms with Crippen LogP contribution in [0.25, 0.3) is 6.08 Å². The second-order valence-corrected chi connectivity index (χ2v) is 22.2. The van der Waals surface area contributed by atoms with Gasteiger partial charge in [0.05, 0.1) is 48.6 Å². The monoisotopic (exact) mass is 1260 g/mol. The highest BCUT2D eigenvalue weighted by molar-refractivity contribution is 7.89. The standard InChI is InChI=1S/C10H14O5.C9H10N2O3S.C8H8O.C7H13NO4S.C7H13O5P.C6H11O6P.C3H4O2/c1-3-10(13)15-5-4-14-7-9(12)6-8(2)11;1-2-9(12)11-7-3-5-8(6-4-7)15(10,13)14;1-2-7-3-5-8(9)6-4-7;1-4-6(9)8-7(2,3)5-13(10,11)12;1-6(2)7(8)12-4-3-5-13(9,10)11;1-5(2)6(7)11-3-4-12-13(8,9)10;1-2-3(4)5/h3H,1,4-7H2,2H3;2-6H,1H2,(H,11,12)(H2,10,13,14);2-6,9H,1H2;4H,1,5H2,2-3H3,(H,8,9)(H,10,11,12);1,3-5H2,2H3,(H2,9,10,11);1,3-4H2,2H3,(H2,8,9,10);2H,1H2,(H,4,5). The highest BCUT2D eigenvalue weighted by Gasteiger charge is 2.25. The number of ketones is 2. The zero-order valence-electron chi connectivity index (χ0n) is 46.2. The smallest absolute Gasteiger partial charge is 0.469 e. The minimum Gasteiger partial charge on any atom is -0.508 e. The van der Waals surface area contributed by atoms with Crippen molar-refractivity contribution < 1.29 is 122 Å². The number of phosphoric ester groups is 1. The third kappa shape index (κ3) is 62.1. The summed E-state index contributed by atoms with van der Waals surface area (Å²) in [5.41, 5.74) is 0.992. The van der Waals surface area contributed by atoms with Crippen LogP contribution >= 0.6 is 15.4 Å². The number of hydrogen-bond donors (Lipinski definition) is 10. The highest BCUT2D eigenvalue weighted by atomic mass is 32.2. The first-order chi connectivity index (χ1) is 37.9. The molecule has 0 unspecified atom stereocenters. The number of primary sulfonamides is 1. The van der Waals surface area contributed by atoms with Crippen LogP contribution in [0.15, 0.2) is 135 Å². The van der Waals surface area contributed by atoms with E-state index in [-0.39, 0.29) is 92.2 Å². The van der Waals surface area contributed by atoms with Crippen LogP contribution in [0.1, 0.15) is 53.0 Å². The Labute approximate surface area is 481 Å². The van der Waals surface area contributed by atoms with Crippen LogP contribution in [0, 0.1) is 0 Å². The molecular formula is C50H73N3O26P2S2. The number of hydrogen-bond acceptors (Lipinski definition) is 20. The Kier molecular flexibility index (Phi) is 46.0. The summed E-state index contributed by atoms with van der Waals surface area (Å²) >= 11 is 0. The van der Waals surface area contributed by atoms with E-state index < -0.39 is 76.6 Å². The lowest BCUT2D eigenvalue weighted by molar-refractivity contribution is -0.140. The van der Waals surface area contributed by atoms with Crippen molar-refractivity contribution in [3.8, 4) is 5.75 Å². The number of carbonyl (C=O) groups excluding carboxylic acids is 7. The number of amides is 2. The zero-order valence-corrected chi connectivity index (χ0v) is 49.6. The van der Waals surface area contributed by atoms with Crippen molar-refractivity contribution in [3.05, 3.63) is 136 Å². The molecule has 0 aliphatic rings. The Morgan fingerprint density at radius 2 is 1.16 bits per heavy atom. The summed E-state index contributed by atoms with van der Waals surface area (Å²) in [4.78, 5) is 118. The maximum Gasteiger partial charge on any atom is 0.469 e. The molecule has 11 N–H and O–H groups in total. The zero-order chi connectivity index (χ0) is 65.8. The number of esters is 3. The van der Waals surface area contributed by atoms with E-state index in [9.17, 15) is 64.3 Å². The van der Waals surface area contributed by atoms with Crippen molar-refractivity contribution in [2.45, 2.75) is 57.9 Å². The Balaban J connectivity index is -0.000000290. The SMILES string of the molecule is C=C(C)C(=O)OCCCP(=O)(O)O.C=C(C)C(=O)OCCOP(=O)(O)O.C=CC(=O)NC(C)(C)CS(=O)(=O)O.C=CC(=O)Nc1ccc(S(N)(=O)=O)cc1.C=CC(=O)O.C=CC(=O)OCCOCC(=O)CC(C)=O.C=Cc1ccc(O)cc1. The number of sulfonamides is 1. The molecule has 0 bridgehead atoms. The number of ether oxygens (including phenoxy) is 4. The van der Waals surface area contributed by atoms with Gasteiger partial charge in [-0.05, 0) is 95.2 Å². The first-order valence-electron chi connectivity index (χ1n) is 22.9. The van der Waals surface area contributed by atoms with Crippen molar-refractivity contribution in [1.29, 1.82) is 0 Å². The summed E-state index contributed by atoms with van der Waals surface area (Å²) in [5, 5.41) is 26.2. The van der Waals surface area contributed by atoms with E-state index in [0.29, 0.717) is 11.4 Å². The van der Waals surface area contributed by atoms with Crippen LogP contribution < -0.4 is 15.8 Å². The van der Waals surface area contributed by atoms with Gasteiger partial charge < -0.3 is 59.4 Å². The maximum absolute atomic E-state index is 10.9. The summed E-state index contributed by atoms with van der Waals surface area (Å²) < 4.78 is 94.4. The van der Waals surface area contributed by atoms with Gasteiger partial charge in [-0.25, -0.2) is 37.3 Å². The van der Waals surface area contributed by atoms with Crippen molar-refractivity contribution in [2.24, 2.45) is 5.14 Å². The predicted octanol–water partition coefficient (Wildman–Crippen LogP) is 3.87. The largest absolute Gasteiger partial charge is 0.508 e. The van der Waals surface area contributed by atoms with Crippen LogP contribution in [0.4, 0.5) is 5.69 Å². The molecule has 33 heteroatoms. The van der Waals surface area contributed by atoms with E-state index in [2.05, 4.69) is 75.4 Å². The molecule has 0 aliphatic heterocycles. The second-order valence-electron chi connectivity index (χ2n) is 16.1. The van der Waals surface area contributed by atoms with Gasteiger partial charge in [0.15, 0.2) is 5.78 Å². The summed E-state index contributed by atoms with van der Waals surface area (Å²) in [6.07, 6.45) is 5.53. The van der Waals surface area contributed by atoms with Gasteiger partial charge in [0.25, 0.3) is 10.1 Å². The summed E-state index contributed by atoms with van der Waals surface area (Å²) in [6.45, 7) is 29.7. The molecule has 0 fully saturated rings. The molecule has 2 amide bonds. The van der Waals surface area contributed by atoms with Gasteiger partial charge in [-0.3, -0.25) is 32.8 Å². The normalized spacial score (nSPS) is 10.3.